The highest BCUT2D eigenvalue weighted by Crippen LogP contribution is 2.40. The first kappa shape index (κ1) is 17.3. The van der Waals surface area contributed by atoms with Gasteiger partial charge in [-0.05, 0) is 43.9 Å². The van der Waals surface area contributed by atoms with Crippen molar-refractivity contribution in [1.29, 1.82) is 0 Å². The minimum absolute atomic E-state index is 0.0381. The summed E-state index contributed by atoms with van der Waals surface area (Å²) >= 11 is 6.08. The number of piperidine rings is 1. The van der Waals surface area contributed by atoms with E-state index in [1.807, 2.05) is 4.90 Å². The van der Waals surface area contributed by atoms with Crippen LogP contribution in [0.4, 0.5) is 0 Å². The van der Waals surface area contributed by atoms with Gasteiger partial charge < -0.3 is 9.64 Å². The van der Waals surface area contributed by atoms with Crippen LogP contribution in [0.5, 0.6) is 5.75 Å². The Morgan fingerprint density at radius 2 is 1.69 bits per heavy atom. The first-order valence-electron chi connectivity index (χ1n) is 9.00. The van der Waals surface area contributed by atoms with Crippen molar-refractivity contribution in [3.63, 3.8) is 0 Å². The fraction of sp³-hybridized carbons (Fsp3) is 0.526. The van der Waals surface area contributed by atoms with Crippen molar-refractivity contribution < 1.29 is 19.1 Å². The Labute approximate surface area is 157 Å². The summed E-state index contributed by atoms with van der Waals surface area (Å²) in [6.07, 6.45) is 3.73. The Hall–Kier alpha value is -2.08. The third-order valence-electron chi connectivity index (χ3n) is 5.79. The van der Waals surface area contributed by atoms with Gasteiger partial charge in [-0.15, -0.1) is 0 Å². The van der Waals surface area contributed by atoms with E-state index in [4.69, 9.17) is 16.3 Å². The maximum absolute atomic E-state index is 13.2. The SMILES string of the molecule is COc1ccc(Cl)cc1C(=O)N1C2CCC1CC(N1C(=O)CCC1=O)C2. The Kier molecular flexibility index (Phi) is 4.39. The zero-order valence-corrected chi connectivity index (χ0v) is 15.4. The predicted octanol–water partition coefficient (Wildman–Crippen LogP) is 2.63. The van der Waals surface area contributed by atoms with E-state index in [1.54, 1.807) is 18.2 Å². The number of rotatable bonds is 3. The number of likely N-dealkylation sites (tertiary alicyclic amines) is 1. The lowest BCUT2D eigenvalue weighted by Gasteiger charge is -2.41. The van der Waals surface area contributed by atoms with E-state index in [9.17, 15) is 14.4 Å². The Morgan fingerprint density at radius 1 is 1.08 bits per heavy atom. The number of carbonyl (C=O) groups is 3. The fourth-order valence-corrected chi connectivity index (χ4v) is 4.85. The molecule has 7 heteroatoms. The van der Waals surface area contributed by atoms with Crippen molar-refractivity contribution in [2.45, 2.75) is 56.7 Å². The van der Waals surface area contributed by atoms with Crippen LogP contribution in [0.1, 0.15) is 48.9 Å². The first-order chi connectivity index (χ1) is 12.5. The number of carbonyl (C=O) groups excluding carboxylic acids is 3. The second-order valence-electron chi connectivity index (χ2n) is 7.22. The van der Waals surface area contributed by atoms with Gasteiger partial charge in [0.15, 0.2) is 0 Å². The highest BCUT2D eigenvalue weighted by molar-refractivity contribution is 6.31. The number of imide groups is 1. The van der Waals surface area contributed by atoms with Crippen molar-refractivity contribution in [1.82, 2.24) is 9.80 Å². The molecule has 3 fully saturated rings. The normalized spacial score (nSPS) is 28.0. The highest BCUT2D eigenvalue weighted by Gasteiger charge is 2.48. The summed E-state index contributed by atoms with van der Waals surface area (Å²) in [6, 6.07) is 5.03. The van der Waals surface area contributed by atoms with Crippen molar-refractivity contribution in [3.8, 4) is 5.75 Å². The van der Waals surface area contributed by atoms with Gasteiger partial charge in [-0.25, -0.2) is 0 Å². The summed E-state index contributed by atoms with van der Waals surface area (Å²) in [7, 11) is 1.53. The largest absolute Gasteiger partial charge is 0.496 e. The van der Waals surface area contributed by atoms with E-state index < -0.39 is 0 Å². The molecule has 0 aliphatic carbocycles. The summed E-state index contributed by atoms with van der Waals surface area (Å²) in [5, 5.41) is 0.490. The van der Waals surface area contributed by atoms with Crippen molar-refractivity contribution in [2.75, 3.05) is 7.11 Å². The van der Waals surface area contributed by atoms with Crippen LogP contribution < -0.4 is 4.74 Å². The number of methoxy groups -OCH3 is 1. The zero-order valence-electron chi connectivity index (χ0n) is 14.6. The molecule has 26 heavy (non-hydrogen) atoms. The van der Waals surface area contributed by atoms with Gasteiger partial charge in [-0.1, -0.05) is 11.6 Å². The second kappa shape index (κ2) is 6.58. The van der Waals surface area contributed by atoms with Crippen LogP contribution in [0.25, 0.3) is 0 Å². The third-order valence-corrected chi connectivity index (χ3v) is 6.03. The number of nitrogens with zero attached hydrogens (tertiary/aromatic N) is 2. The first-order valence-corrected chi connectivity index (χ1v) is 9.38. The molecule has 0 saturated carbocycles. The average molecular weight is 377 g/mol. The highest BCUT2D eigenvalue weighted by atomic mass is 35.5. The quantitative estimate of drug-likeness (QED) is 0.760. The lowest BCUT2D eigenvalue weighted by molar-refractivity contribution is -0.142. The molecule has 3 amide bonds. The number of amides is 3. The Morgan fingerprint density at radius 3 is 2.27 bits per heavy atom. The number of benzene rings is 1. The molecule has 4 rings (SSSR count). The van der Waals surface area contributed by atoms with Crippen LogP contribution >= 0.6 is 11.6 Å². The molecule has 3 saturated heterocycles. The number of ether oxygens (including phenoxy) is 1. The number of hydrogen-bond acceptors (Lipinski definition) is 4. The second-order valence-corrected chi connectivity index (χ2v) is 7.66. The summed E-state index contributed by atoms with van der Waals surface area (Å²) in [5.41, 5.74) is 0.462. The van der Waals surface area contributed by atoms with Gasteiger partial charge in [0, 0.05) is 36.0 Å². The topological polar surface area (TPSA) is 66.9 Å². The van der Waals surface area contributed by atoms with Gasteiger partial charge in [0.05, 0.1) is 12.7 Å². The smallest absolute Gasteiger partial charge is 0.258 e. The molecular weight excluding hydrogens is 356 g/mol. The molecule has 2 atom stereocenters. The lowest BCUT2D eigenvalue weighted by atomic mass is 9.95. The Balaban J connectivity index is 1.57. The van der Waals surface area contributed by atoms with E-state index in [2.05, 4.69) is 0 Å². The number of hydrogen-bond donors (Lipinski definition) is 0. The fourth-order valence-electron chi connectivity index (χ4n) is 4.68. The van der Waals surface area contributed by atoms with Crippen LogP contribution in [-0.2, 0) is 9.59 Å². The van der Waals surface area contributed by atoms with Crippen molar-refractivity contribution in [2.24, 2.45) is 0 Å². The van der Waals surface area contributed by atoms with Crippen LogP contribution in [0.15, 0.2) is 18.2 Å². The molecule has 1 aromatic rings. The average Bonchev–Trinajstić information content (AvgIpc) is 3.09. The van der Waals surface area contributed by atoms with Gasteiger partial charge in [-0.2, -0.15) is 0 Å². The lowest BCUT2D eigenvalue weighted by Crippen LogP contribution is -2.53. The Bertz CT molecular complexity index is 751. The molecule has 6 nitrogen and oxygen atoms in total. The summed E-state index contributed by atoms with van der Waals surface area (Å²) in [6.45, 7) is 0. The summed E-state index contributed by atoms with van der Waals surface area (Å²) in [5.74, 6) is 0.270. The van der Waals surface area contributed by atoms with E-state index in [0.29, 0.717) is 42.0 Å². The maximum Gasteiger partial charge on any atom is 0.258 e. The maximum atomic E-state index is 13.2. The van der Waals surface area contributed by atoms with E-state index >= 15 is 0 Å². The standard InChI is InChI=1S/C19H21ClN2O4/c1-26-16-5-2-11(20)8-15(16)19(25)21-12-3-4-13(21)10-14(9-12)22-17(23)6-7-18(22)24/h2,5,8,12-14H,3-4,6-7,9-10H2,1H3. The van der Waals surface area contributed by atoms with E-state index in [0.717, 1.165) is 12.8 Å². The van der Waals surface area contributed by atoms with Gasteiger partial charge in [0.25, 0.3) is 5.91 Å². The number of fused-ring (bicyclic) bond motifs is 2. The molecule has 0 spiro atoms. The number of halogens is 1. The van der Waals surface area contributed by atoms with Crippen molar-refractivity contribution in [3.05, 3.63) is 28.8 Å². The van der Waals surface area contributed by atoms with Crippen LogP contribution in [0, 0.1) is 0 Å². The minimum atomic E-state index is -0.0885. The van der Waals surface area contributed by atoms with Crippen LogP contribution in [0.2, 0.25) is 5.02 Å². The molecule has 2 unspecified atom stereocenters. The van der Waals surface area contributed by atoms with Crippen LogP contribution in [-0.4, -0.2) is 52.8 Å². The molecule has 0 aromatic heterocycles. The van der Waals surface area contributed by atoms with Crippen molar-refractivity contribution >= 4 is 29.3 Å². The molecule has 2 bridgehead atoms. The van der Waals surface area contributed by atoms with Crippen LogP contribution in [0.3, 0.4) is 0 Å². The molecule has 138 valence electrons. The molecule has 3 aliphatic rings. The van der Waals surface area contributed by atoms with Gasteiger partial charge in [-0.3, -0.25) is 19.3 Å². The summed E-state index contributed by atoms with van der Waals surface area (Å²) in [4.78, 5) is 40.7. The monoisotopic (exact) mass is 376 g/mol. The van der Waals surface area contributed by atoms with Gasteiger partial charge in [0.1, 0.15) is 5.75 Å². The van der Waals surface area contributed by atoms with Gasteiger partial charge >= 0.3 is 0 Å². The summed E-state index contributed by atoms with van der Waals surface area (Å²) < 4.78 is 5.33. The van der Waals surface area contributed by atoms with E-state index in [1.165, 1.54) is 12.0 Å². The van der Waals surface area contributed by atoms with E-state index in [-0.39, 0.29) is 35.8 Å². The molecule has 0 N–H and O–H groups in total. The molecule has 1 aromatic carbocycles. The third kappa shape index (κ3) is 2.76. The van der Waals surface area contributed by atoms with Gasteiger partial charge in [0.2, 0.25) is 11.8 Å². The predicted molar refractivity (Wildman–Crippen MR) is 95.1 cm³/mol. The molecular formula is C19H21ClN2O4. The zero-order chi connectivity index (χ0) is 18.4. The minimum Gasteiger partial charge on any atom is -0.496 e. The molecule has 3 heterocycles. The molecule has 0 radical (unpaired) electrons. The molecule has 3 aliphatic heterocycles.